The molecule has 0 aromatic carbocycles. The summed E-state index contributed by atoms with van der Waals surface area (Å²) < 4.78 is 0. The number of rotatable bonds is 7. The molecule has 0 aliphatic rings. The van der Waals surface area contributed by atoms with Gasteiger partial charge in [0, 0.05) is 5.25 Å². The van der Waals surface area contributed by atoms with E-state index in [4.69, 9.17) is 10.8 Å². The zero-order chi connectivity index (χ0) is 11.1. The van der Waals surface area contributed by atoms with Gasteiger partial charge in [0.25, 0.3) is 0 Å². The lowest BCUT2D eigenvalue weighted by Crippen LogP contribution is -2.29. The second-order valence-corrected chi connectivity index (χ2v) is 4.89. The van der Waals surface area contributed by atoms with Gasteiger partial charge < -0.3 is 10.8 Å². The number of thiol groups is 1. The predicted octanol–water partition coefficient (Wildman–Crippen LogP) is 1.91. The van der Waals surface area contributed by atoms with E-state index in [1.165, 1.54) is 0 Å². The summed E-state index contributed by atoms with van der Waals surface area (Å²) in [6.45, 7) is 4.32. The molecular weight excluding hydrogens is 198 g/mol. The van der Waals surface area contributed by atoms with Crippen molar-refractivity contribution in [2.24, 2.45) is 11.7 Å². The number of carboxylic acids is 1. The van der Waals surface area contributed by atoms with Crippen LogP contribution >= 0.6 is 12.6 Å². The lowest BCUT2D eigenvalue weighted by atomic mass is 10.0. The molecule has 0 fully saturated rings. The molecule has 0 radical (unpaired) electrons. The predicted molar refractivity (Wildman–Crippen MR) is 61.7 cm³/mol. The van der Waals surface area contributed by atoms with Crippen LogP contribution in [0.1, 0.15) is 39.5 Å². The average Bonchev–Trinajstić information content (AvgIpc) is 2.02. The van der Waals surface area contributed by atoms with Crippen LogP contribution in [-0.4, -0.2) is 22.4 Å². The van der Waals surface area contributed by atoms with Gasteiger partial charge >= 0.3 is 5.97 Å². The van der Waals surface area contributed by atoms with Crippen LogP contribution in [0.5, 0.6) is 0 Å². The quantitative estimate of drug-likeness (QED) is 0.573. The fraction of sp³-hybridized carbons (Fsp3) is 0.900. The molecular formula is C10H21NO2S. The van der Waals surface area contributed by atoms with Crippen molar-refractivity contribution in [2.45, 2.75) is 50.8 Å². The summed E-state index contributed by atoms with van der Waals surface area (Å²) in [5, 5.41) is 8.92. The van der Waals surface area contributed by atoms with E-state index >= 15 is 0 Å². The first-order valence-electron chi connectivity index (χ1n) is 5.10. The Hall–Kier alpha value is -0.220. The summed E-state index contributed by atoms with van der Waals surface area (Å²) in [5.74, 6) is -0.268. The van der Waals surface area contributed by atoms with E-state index in [1.54, 1.807) is 0 Å². The third-order valence-electron chi connectivity index (χ3n) is 2.11. The first kappa shape index (κ1) is 13.8. The Morgan fingerprint density at radius 1 is 1.43 bits per heavy atom. The Balaban J connectivity index is 3.48. The SMILES string of the molecule is CC(C)CC(S)CCCC(N)C(=O)O. The van der Waals surface area contributed by atoms with Gasteiger partial charge in [0.1, 0.15) is 6.04 Å². The van der Waals surface area contributed by atoms with E-state index in [1.807, 2.05) is 0 Å². The maximum atomic E-state index is 10.4. The lowest BCUT2D eigenvalue weighted by Gasteiger charge is -2.13. The van der Waals surface area contributed by atoms with E-state index in [2.05, 4.69) is 26.5 Å². The molecule has 0 amide bonds. The van der Waals surface area contributed by atoms with Crippen LogP contribution in [0.4, 0.5) is 0 Å². The van der Waals surface area contributed by atoms with E-state index in [0.29, 0.717) is 17.6 Å². The van der Waals surface area contributed by atoms with Gasteiger partial charge in [-0.1, -0.05) is 20.3 Å². The summed E-state index contributed by atoms with van der Waals surface area (Å²) in [6.07, 6.45) is 3.41. The zero-order valence-corrected chi connectivity index (χ0v) is 9.83. The Bertz CT molecular complexity index is 174. The molecule has 0 bridgehead atoms. The van der Waals surface area contributed by atoms with Crippen LogP contribution in [0, 0.1) is 5.92 Å². The zero-order valence-electron chi connectivity index (χ0n) is 8.94. The lowest BCUT2D eigenvalue weighted by molar-refractivity contribution is -0.138. The molecule has 2 atom stereocenters. The van der Waals surface area contributed by atoms with E-state index < -0.39 is 12.0 Å². The third kappa shape index (κ3) is 7.21. The molecule has 0 aromatic heterocycles. The molecule has 0 saturated carbocycles. The van der Waals surface area contributed by atoms with Gasteiger partial charge in [0.2, 0.25) is 0 Å². The van der Waals surface area contributed by atoms with E-state index in [0.717, 1.165) is 19.3 Å². The molecule has 0 aliphatic heterocycles. The molecule has 0 rings (SSSR count). The Morgan fingerprint density at radius 3 is 2.43 bits per heavy atom. The molecule has 0 spiro atoms. The van der Waals surface area contributed by atoms with E-state index in [-0.39, 0.29) is 0 Å². The summed E-state index contributed by atoms with van der Waals surface area (Å²) in [5.41, 5.74) is 5.38. The smallest absolute Gasteiger partial charge is 0.320 e. The normalized spacial score (nSPS) is 15.5. The fourth-order valence-corrected chi connectivity index (χ4v) is 1.96. The van der Waals surface area contributed by atoms with Crippen LogP contribution in [-0.2, 0) is 4.79 Å². The van der Waals surface area contributed by atoms with Gasteiger partial charge in [0.05, 0.1) is 0 Å². The highest BCUT2D eigenvalue weighted by atomic mass is 32.1. The fourth-order valence-electron chi connectivity index (χ4n) is 1.36. The minimum atomic E-state index is -0.912. The van der Waals surface area contributed by atoms with Crippen molar-refractivity contribution >= 4 is 18.6 Å². The maximum Gasteiger partial charge on any atom is 0.320 e. The van der Waals surface area contributed by atoms with Crippen molar-refractivity contribution in [3.8, 4) is 0 Å². The summed E-state index contributed by atoms with van der Waals surface area (Å²) >= 11 is 4.44. The Morgan fingerprint density at radius 2 is 2.00 bits per heavy atom. The van der Waals surface area contributed by atoms with Crippen molar-refractivity contribution in [1.82, 2.24) is 0 Å². The number of hydrogen-bond donors (Lipinski definition) is 3. The molecule has 2 unspecified atom stereocenters. The summed E-state index contributed by atoms with van der Waals surface area (Å²) in [7, 11) is 0. The van der Waals surface area contributed by atoms with Crippen LogP contribution < -0.4 is 5.73 Å². The standard InChI is InChI=1S/C10H21NO2S/c1-7(2)6-8(14)4-3-5-9(11)10(12)13/h7-9,14H,3-6,11H2,1-2H3,(H,12,13). The molecule has 0 heterocycles. The third-order valence-corrected chi connectivity index (χ3v) is 2.58. The van der Waals surface area contributed by atoms with Gasteiger partial charge in [-0.25, -0.2) is 0 Å². The molecule has 0 aromatic rings. The Labute approximate surface area is 91.5 Å². The number of carboxylic acid groups (broad SMARTS) is 1. The van der Waals surface area contributed by atoms with Crippen LogP contribution in [0.25, 0.3) is 0 Å². The van der Waals surface area contributed by atoms with E-state index in [9.17, 15) is 4.79 Å². The summed E-state index contributed by atoms with van der Waals surface area (Å²) in [6, 6.07) is -0.713. The topological polar surface area (TPSA) is 63.3 Å². The van der Waals surface area contributed by atoms with Crippen molar-refractivity contribution in [3.63, 3.8) is 0 Å². The van der Waals surface area contributed by atoms with Crippen LogP contribution in [0.2, 0.25) is 0 Å². The van der Waals surface area contributed by atoms with Crippen molar-refractivity contribution in [2.75, 3.05) is 0 Å². The van der Waals surface area contributed by atoms with Gasteiger partial charge in [-0.05, 0) is 25.2 Å². The average molecular weight is 219 g/mol. The highest BCUT2D eigenvalue weighted by Gasteiger charge is 2.12. The minimum Gasteiger partial charge on any atom is -0.480 e. The maximum absolute atomic E-state index is 10.4. The van der Waals surface area contributed by atoms with Crippen LogP contribution in [0.3, 0.4) is 0 Å². The van der Waals surface area contributed by atoms with Gasteiger partial charge in [0.15, 0.2) is 0 Å². The van der Waals surface area contributed by atoms with Crippen LogP contribution in [0.15, 0.2) is 0 Å². The Kier molecular flexibility index (Phi) is 7.01. The molecule has 3 N–H and O–H groups in total. The molecule has 84 valence electrons. The van der Waals surface area contributed by atoms with Crippen molar-refractivity contribution < 1.29 is 9.90 Å². The monoisotopic (exact) mass is 219 g/mol. The first-order valence-corrected chi connectivity index (χ1v) is 5.61. The molecule has 0 aliphatic carbocycles. The second-order valence-electron chi connectivity index (χ2n) is 4.16. The largest absolute Gasteiger partial charge is 0.480 e. The number of hydrogen-bond acceptors (Lipinski definition) is 3. The number of carbonyl (C=O) groups is 1. The molecule has 3 nitrogen and oxygen atoms in total. The van der Waals surface area contributed by atoms with Gasteiger partial charge in [-0.15, -0.1) is 0 Å². The minimum absolute atomic E-state index is 0.371. The van der Waals surface area contributed by atoms with Crippen molar-refractivity contribution in [1.29, 1.82) is 0 Å². The van der Waals surface area contributed by atoms with Crippen molar-refractivity contribution in [3.05, 3.63) is 0 Å². The van der Waals surface area contributed by atoms with Gasteiger partial charge in [-0.3, -0.25) is 4.79 Å². The summed E-state index contributed by atoms with van der Waals surface area (Å²) in [4.78, 5) is 10.4. The highest BCUT2D eigenvalue weighted by Crippen LogP contribution is 2.16. The van der Waals surface area contributed by atoms with Gasteiger partial charge in [-0.2, -0.15) is 12.6 Å². The highest BCUT2D eigenvalue weighted by molar-refractivity contribution is 7.80. The molecule has 0 saturated heterocycles. The number of aliphatic carboxylic acids is 1. The molecule has 4 heteroatoms. The molecule has 14 heavy (non-hydrogen) atoms. The number of nitrogens with two attached hydrogens (primary N) is 1. The first-order chi connectivity index (χ1) is 6.43. The second kappa shape index (κ2) is 7.12.